The van der Waals surface area contributed by atoms with Crippen molar-refractivity contribution < 1.29 is 33.1 Å². The number of hydrogen-bond donors (Lipinski definition) is 0. The second-order valence-corrected chi connectivity index (χ2v) is 19.1. The third-order valence-electron chi connectivity index (χ3n) is 12.8. The van der Waals surface area contributed by atoms with E-state index in [4.69, 9.17) is 22.9 Å². The van der Waals surface area contributed by atoms with Gasteiger partial charge in [-0.15, -0.1) is 53.6 Å². The first-order chi connectivity index (χ1) is 34.1. The van der Waals surface area contributed by atoms with Crippen LogP contribution in [-0.4, -0.2) is 24.5 Å². The van der Waals surface area contributed by atoms with Gasteiger partial charge in [0.05, 0.1) is 33.7 Å². The number of imidazole rings is 1. The van der Waals surface area contributed by atoms with Crippen LogP contribution in [0.3, 0.4) is 0 Å². The molecule has 0 bridgehead atoms. The fourth-order valence-electron chi connectivity index (χ4n) is 9.31. The summed E-state index contributed by atoms with van der Waals surface area (Å²) in [5, 5.41) is 4.26. The van der Waals surface area contributed by atoms with E-state index in [0.29, 0.717) is 44.8 Å². The molecule has 0 amide bonds. The molecule has 0 spiro atoms. The molecule has 5 heterocycles. The van der Waals surface area contributed by atoms with Crippen LogP contribution in [0.25, 0.3) is 106 Å². The van der Waals surface area contributed by atoms with Gasteiger partial charge in [-0.3, -0.25) is 15.0 Å². The summed E-state index contributed by atoms with van der Waals surface area (Å²) in [7, 11) is 0. The summed E-state index contributed by atoms with van der Waals surface area (Å²) in [6.07, 6.45) is 1.81. The standard InChI is InChI=1S/C47H36N3O2.C14H15N2.Ir/c1-26(2)35-23-31(29-13-7-6-8-14-29)24-36(27(3)4)43(35)50-44-32-16-10-9-15-30(32)20-22-38(44)48-46(50)34-21-19-28(5)41-42-40(51-45(34)41)25-37-33-17-11-12-18-39(33)52-47(37)49-42;1-14(2,3)12-9-10-15-13(16-12)11-7-5-4-6-8-11;/h6-20,22-27H,1-5H3;4-7,9-10H,1-3H3;/q2*-1;/i5D3;;. The second kappa shape index (κ2) is 18.0. The van der Waals surface area contributed by atoms with Gasteiger partial charge in [-0.25, -0.2) is 4.98 Å². The first-order valence-electron chi connectivity index (χ1n) is 24.7. The summed E-state index contributed by atoms with van der Waals surface area (Å²) in [6, 6.07) is 55.2. The zero-order valence-electron chi connectivity index (χ0n) is 42.5. The van der Waals surface area contributed by atoms with Crippen LogP contribution in [0.5, 0.6) is 0 Å². The van der Waals surface area contributed by atoms with Crippen LogP contribution in [-0.2, 0) is 25.5 Å². The fraction of sp³-hybridized carbons (Fsp3) is 0.180. The van der Waals surface area contributed by atoms with Crippen LogP contribution in [0.2, 0.25) is 0 Å². The molecule has 0 fully saturated rings. The Labute approximate surface area is 419 Å². The van der Waals surface area contributed by atoms with Crippen molar-refractivity contribution in [1.82, 2.24) is 24.5 Å². The Balaban J connectivity index is 0.000000300. The molecule has 5 aromatic heterocycles. The van der Waals surface area contributed by atoms with E-state index in [9.17, 15) is 0 Å². The van der Waals surface area contributed by atoms with E-state index in [1.807, 2.05) is 72.9 Å². The van der Waals surface area contributed by atoms with Gasteiger partial charge >= 0.3 is 0 Å². The first-order valence-corrected chi connectivity index (χ1v) is 23.2. The number of pyridine rings is 1. The van der Waals surface area contributed by atoms with Crippen molar-refractivity contribution in [2.45, 2.75) is 72.6 Å². The maximum absolute atomic E-state index is 8.59. The summed E-state index contributed by atoms with van der Waals surface area (Å²) in [6.45, 7) is 12.9. The second-order valence-electron chi connectivity index (χ2n) is 19.1. The monoisotopic (exact) mass is 1080 g/mol. The molecular formula is C61H51IrN5O2-2. The SMILES string of the molecule is CC(C)(C)c1ccnc(-c2[c-]cccc2)n1.[2H]C([2H])([2H])c1c[c-]c(-c2nc3ccc4ccccc4c3n2-c2c(C(C)C)cc(-c3ccccc3)cc2C(C)C)c2oc3cc4c(nc3c12)oc1ccccc14.[Ir]. The van der Waals surface area contributed by atoms with Crippen molar-refractivity contribution >= 4 is 65.9 Å². The number of furan rings is 2. The summed E-state index contributed by atoms with van der Waals surface area (Å²) >= 11 is 0. The normalized spacial score (nSPS) is 12.7. The number of hydrogen-bond acceptors (Lipinski definition) is 6. The Bertz CT molecular complexity index is 3950. The fourth-order valence-corrected chi connectivity index (χ4v) is 9.31. The van der Waals surface area contributed by atoms with Crippen LogP contribution in [0.15, 0.2) is 161 Å². The third-order valence-corrected chi connectivity index (χ3v) is 12.8. The van der Waals surface area contributed by atoms with E-state index in [-0.39, 0.29) is 42.9 Å². The van der Waals surface area contributed by atoms with E-state index in [0.717, 1.165) is 66.5 Å². The van der Waals surface area contributed by atoms with Crippen LogP contribution < -0.4 is 0 Å². The van der Waals surface area contributed by atoms with Crippen molar-refractivity contribution in [1.29, 1.82) is 0 Å². The number of nitrogens with zero attached hydrogens (tertiary/aromatic N) is 5. The smallest absolute Gasteiger partial charge is 0.228 e. The molecule has 0 saturated carbocycles. The van der Waals surface area contributed by atoms with E-state index in [2.05, 4.69) is 148 Å². The maximum Gasteiger partial charge on any atom is 0.228 e. The average Bonchev–Trinajstić information content (AvgIpc) is 4.06. The molecule has 0 unspecified atom stereocenters. The molecule has 0 aliphatic carbocycles. The molecule has 69 heavy (non-hydrogen) atoms. The van der Waals surface area contributed by atoms with E-state index < -0.39 is 6.85 Å². The third kappa shape index (κ3) is 8.11. The summed E-state index contributed by atoms with van der Waals surface area (Å²) in [4.78, 5) is 19.2. The zero-order chi connectivity index (χ0) is 49.3. The summed E-state index contributed by atoms with van der Waals surface area (Å²) < 4.78 is 41.0. The number of fused-ring (bicyclic) bond motifs is 9. The van der Waals surface area contributed by atoms with Gasteiger partial charge in [0.2, 0.25) is 5.71 Å². The number of aryl methyl sites for hydroxylation is 1. The van der Waals surface area contributed by atoms with E-state index in [1.54, 1.807) is 6.07 Å². The molecule has 12 aromatic rings. The molecule has 7 nitrogen and oxygen atoms in total. The number of rotatable bonds is 6. The number of para-hydroxylation sites is 1. The number of benzene rings is 7. The Hall–Kier alpha value is -7.25. The Morgan fingerprint density at radius 2 is 1.39 bits per heavy atom. The molecule has 1 radical (unpaired) electrons. The summed E-state index contributed by atoms with van der Waals surface area (Å²) in [5.41, 5.74) is 12.6. The Kier molecular flexibility index (Phi) is 10.9. The molecule has 8 heteroatoms. The van der Waals surface area contributed by atoms with Gasteiger partial charge in [-0.2, -0.15) is 0 Å². The molecule has 343 valence electrons. The summed E-state index contributed by atoms with van der Waals surface area (Å²) in [5.74, 6) is 1.66. The molecule has 0 aliphatic heterocycles. The van der Waals surface area contributed by atoms with Gasteiger partial charge in [0.25, 0.3) is 0 Å². The largest absolute Gasteiger partial charge is 0.499 e. The van der Waals surface area contributed by atoms with E-state index in [1.165, 1.54) is 11.1 Å². The van der Waals surface area contributed by atoms with E-state index >= 15 is 0 Å². The van der Waals surface area contributed by atoms with Crippen LogP contribution in [0.1, 0.15) is 86.8 Å². The van der Waals surface area contributed by atoms with Crippen molar-refractivity contribution in [3.05, 3.63) is 186 Å². The minimum Gasteiger partial charge on any atom is -0.499 e. The van der Waals surface area contributed by atoms with Crippen molar-refractivity contribution in [3.8, 4) is 39.6 Å². The van der Waals surface area contributed by atoms with Gasteiger partial charge < -0.3 is 13.4 Å². The molecule has 0 aliphatic rings. The molecule has 7 aromatic carbocycles. The van der Waals surface area contributed by atoms with Crippen LogP contribution in [0.4, 0.5) is 0 Å². The number of aromatic nitrogens is 5. The van der Waals surface area contributed by atoms with Crippen molar-refractivity contribution in [2.75, 3.05) is 0 Å². The molecule has 0 N–H and O–H groups in total. The minimum absolute atomic E-state index is 0. The van der Waals surface area contributed by atoms with Crippen molar-refractivity contribution in [3.63, 3.8) is 0 Å². The van der Waals surface area contributed by atoms with Crippen LogP contribution >= 0.6 is 0 Å². The van der Waals surface area contributed by atoms with Gasteiger partial charge in [-0.05, 0) is 81.3 Å². The van der Waals surface area contributed by atoms with Crippen molar-refractivity contribution in [2.24, 2.45) is 0 Å². The molecular weight excluding hydrogens is 1030 g/mol. The minimum atomic E-state index is -2.46. The molecule has 12 rings (SSSR count). The van der Waals surface area contributed by atoms with Gasteiger partial charge in [-0.1, -0.05) is 140 Å². The average molecular weight is 1080 g/mol. The predicted molar refractivity (Wildman–Crippen MR) is 279 cm³/mol. The predicted octanol–water partition coefficient (Wildman–Crippen LogP) is 16.3. The quantitative estimate of drug-likeness (QED) is 0.154. The first kappa shape index (κ1) is 41.9. The topological polar surface area (TPSA) is 82.8 Å². The van der Waals surface area contributed by atoms with Crippen LogP contribution in [0, 0.1) is 19.0 Å². The molecule has 0 saturated heterocycles. The molecule has 0 atom stereocenters. The Morgan fingerprint density at radius 1 is 0.667 bits per heavy atom. The van der Waals surface area contributed by atoms with Gasteiger partial charge in [0, 0.05) is 58.0 Å². The van der Waals surface area contributed by atoms with Gasteiger partial charge in [0.15, 0.2) is 0 Å². The van der Waals surface area contributed by atoms with Gasteiger partial charge in [0.1, 0.15) is 16.7 Å². The Morgan fingerprint density at radius 3 is 2.12 bits per heavy atom. The maximum atomic E-state index is 8.59. The zero-order valence-corrected chi connectivity index (χ0v) is 41.9.